The Labute approximate surface area is 118 Å². The highest BCUT2D eigenvalue weighted by Crippen LogP contribution is 2.31. The molecule has 0 amide bonds. The number of methoxy groups -OCH3 is 1. The molecule has 1 aromatic heterocycles. The Bertz CT molecular complexity index is 621. The van der Waals surface area contributed by atoms with E-state index in [0.29, 0.717) is 21.7 Å². The molecule has 0 bridgehead atoms. The Balaban J connectivity index is 2.42. The van der Waals surface area contributed by atoms with Crippen LogP contribution in [-0.4, -0.2) is 17.1 Å². The van der Waals surface area contributed by atoms with E-state index in [-0.39, 0.29) is 11.6 Å². The Hall–Kier alpha value is -1.89. The van der Waals surface area contributed by atoms with E-state index >= 15 is 0 Å². The summed E-state index contributed by atoms with van der Waals surface area (Å²) in [6, 6.07) is 3.05. The number of aromatic nitrogens is 2. The molecular weight excluding hydrogens is 315 g/mol. The van der Waals surface area contributed by atoms with Crippen molar-refractivity contribution in [2.24, 2.45) is 0 Å². The summed E-state index contributed by atoms with van der Waals surface area (Å²) >= 11 is 3.13. The van der Waals surface area contributed by atoms with E-state index in [9.17, 15) is 4.39 Å². The van der Waals surface area contributed by atoms with Crippen molar-refractivity contribution in [1.29, 1.82) is 0 Å². The number of nitrogen functional groups attached to an aromatic ring is 1. The quantitative estimate of drug-likeness (QED) is 0.907. The summed E-state index contributed by atoms with van der Waals surface area (Å²) in [4.78, 5) is 7.86. The van der Waals surface area contributed by atoms with Gasteiger partial charge in [0, 0.05) is 5.69 Å². The minimum atomic E-state index is -0.367. The van der Waals surface area contributed by atoms with Gasteiger partial charge in [0.25, 0.3) is 0 Å². The number of rotatable bonds is 3. The van der Waals surface area contributed by atoms with E-state index in [4.69, 9.17) is 10.5 Å². The summed E-state index contributed by atoms with van der Waals surface area (Å²) in [6.45, 7) is 1.85. The van der Waals surface area contributed by atoms with E-state index in [1.54, 1.807) is 6.07 Å². The van der Waals surface area contributed by atoms with Gasteiger partial charge in [0.2, 0.25) is 5.75 Å². The number of hydrogen-bond acceptors (Lipinski definition) is 5. The van der Waals surface area contributed by atoms with Crippen molar-refractivity contribution in [3.05, 3.63) is 34.3 Å². The van der Waals surface area contributed by atoms with E-state index in [1.807, 2.05) is 6.92 Å². The van der Waals surface area contributed by atoms with Crippen molar-refractivity contribution in [2.75, 3.05) is 18.2 Å². The van der Waals surface area contributed by atoms with Crippen LogP contribution in [0.15, 0.2) is 22.9 Å². The highest BCUT2D eigenvalue weighted by molar-refractivity contribution is 9.10. The van der Waals surface area contributed by atoms with Crippen LogP contribution in [0.4, 0.5) is 21.7 Å². The van der Waals surface area contributed by atoms with Gasteiger partial charge in [-0.25, -0.2) is 14.4 Å². The van der Waals surface area contributed by atoms with Gasteiger partial charge in [0.15, 0.2) is 11.6 Å². The van der Waals surface area contributed by atoms with Crippen molar-refractivity contribution >= 4 is 33.3 Å². The topological polar surface area (TPSA) is 73.1 Å². The maximum atomic E-state index is 13.5. The summed E-state index contributed by atoms with van der Waals surface area (Å²) in [7, 11) is 1.47. The fourth-order valence-electron chi connectivity index (χ4n) is 1.59. The lowest BCUT2D eigenvalue weighted by atomic mass is 10.2. The van der Waals surface area contributed by atoms with E-state index < -0.39 is 0 Å². The van der Waals surface area contributed by atoms with Gasteiger partial charge in [-0.2, -0.15) is 0 Å². The van der Waals surface area contributed by atoms with Gasteiger partial charge in [0.1, 0.15) is 12.1 Å². The summed E-state index contributed by atoms with van der Waals surface area (Å²) in [5.74, 6) is 0.564. The molecule has 0 saturated carbocycles. The number of anilines is 3. The van der Waals surface area contributed by atoms with E-state index in [0.717, 1.165) is 5.56 Å². The molecule has 100 valence electrons. The SMILES string of the molecule is COc1c(N)ncnc1Nc1cc(F)c(Br)cc1C. The molecule has 1 heterocycles. The molecule has 0 spiro atoms. The maximum absolute atomic E-state index is 13.5. The molecule has 0 unspecified atom stereocenters. The molecule has 19 heavy (non-hydrogen) atoms. The van der Waals surface area contributed by atoms with Crippen molar-refractivity contribution in [1.82, 2.24) is 9.97 Å². The molecular formula is C12H12BrFN4O. The zero-order valence-electron chi connectivity index (χ0n) is 10.4. The van der Waals surface area contributed by atoms with Gasteiger partial charge < -0.3 is 15.8 Å². The van der Waals surface area contributed by atoms with Crippen LogP contribution < -0.4 is 15.8 Å². The molecule has 7 heteroatoms. The zero-order chi connectivity index (χ0) is 14.0. The number of nitrogens with zero attached hydrogens (tertiary/aromatic N) is 2. The highest BCUT2D eigenvalue weighted by atomic mass is 79.9. The lowest BCUT2D eigenvalue weighted by Crippen LogP contribution is -2.04. The van der Waals surface area contributed by atoms with E-state index in [1.165, 1.54) is 19.5 Å². The van der Waals surface area contributed by atoms with Gasteiger partial charge in [-0.15, -0.1) is 0 Å². The first kappa shape index (κ1) is 13.5. The first-order valence-electron chi connectivity index (χ1n) is 5.40. The number of ether oxygens (including phenoxy) is 1. The highest BCUT2D eigenvalue weighted by Gasteiger charge is 2.12. The van der Waals surface area contributed by atoms with Crippen LogP contribution in [0.3, 0.4) is 0 Å². The largest absolute Gasteiger partial charge is 0.490 e. The molecule has 3 N–H and O–H groups in total. The van der Waals surface area contributed by atoms with Crippen LogP contribution in [-0.2, 0) is 0 Å². The zero-order valence-corrected chi connectivity index (χ0v) is 12.0. The molecule has 5 nitrogen and oxygen atoms in total. The van der Waals surface area contributed by atoms with Crippen LogP contribution in [0.1, 0.15) is 5.56 Å². The third kappa shape index (κ3) is 2.76. The number of hydrogen-bond donors (Lipinski definition) is 2. The number of nitrogens with two attached hydrogens (primary N) is 1. The van der Waals surface area contributed by atoms with Crippen LogP contribution in [0.25, 0.3) is 0 Å². The second-order valence-electron chi connectivity index (χ2n) is 3.85. The van der Waals surface area contributed by atoms with Crippen molar-refractivity contribution in [3.63, 3.8) is 0 Å². The molecule has 0 saturated heterocycles. The van der Waals surface area contributed by atoms with E-state index in [2.05, 4.69) is 31.2 Å². The third-order valence-corrected chi connectivity index (χ3v) is 3.16. The van der Waals surface area contributed by atoms with Gasteiger partial charge >= 0.3 is 0 Å². The average molecular weight is 327 g/mol. The molecule has 0 atom stereocenters. The van der Waals surface area contributed by atoms with Crippen LogP contribution in [0.5, 0.6) is 5.75 Å². The summed E-state index contributed by atoms with van der Waals surface area (Å²) in [5.41, 5.74) is 7.11. The normalized spacial score (nSPS) is 10.3. The van der Waals surface area contributed by atoms with Crippen molar-refractivity contribution in [3.8, 4) is 5.75 Å². The van der Waals surface area contributed by atoms with Crippen molar-refractivity contribution in [2.45, 2.75) is 6.92 Å². The molecule has 2 rings (SSSR count). The minimum absolute atomic E-state index is 0.218. The number of halogens is 2. The standard InChI is InChI=1S/C12H12BrFN4O/c1-6-3-7(13)8(14)4-9(6)18-12-10(19-2)11(15)16-5-17-12/h3-5H,1-2H3,(H3,15,16,17,18). The predicted molar refractivity (Wildman–Crippen MR) is 75.1 cm³/mol. The second-order valence-corrected chi connectivity index (χ2v) is 4.70. The minimum Gasteiger partial charge on any atom is -0.490 e. The lowest BCUT2D eigenvalue weighted by Gasteiger charge is -2.13. The van der Waals surface area contributed by atoms with Crippen LogP contribution in [0, 0.1) is 12.7 Å². The third-order valence-electron chi connectivity index (χ3n) is 2.56. The van der Waals surface area contributed by atoms with Crippen molar-refractivity contribution < 1.29 is 9.13 Å². The number of benzene rings is 1. The lowest BCUT2D eigenvalue weighted by molar-refractivity contribution is 0.415. The smallest absolute Gasteiger partial charge is 0.204 e. The predicted octanol–water partition coefficient (Wildman–Crippen LogP) is 3.02. The Morgan fingerprint density at radius 2 is 2.11 bits per heavy atom. The molecule has 2 aromatic rings. The molecule has 1 aromatic carbocycles. The molecule has 0 fully saturated rings. The first-order valence-corrected chi connectivity index (χ1v) is 6.19. The molecule has 0 aliphatic heterocycles. The molecule has 0 aliphatic rings. The maximum Gasteiger partial charge on any atom is 0.204 e. The second kappa shape index (κ2) is 5.40. The van der Waals surface area contributed by atoms with Crippen LogP contribution >= 0.6 is 15.9 Å². The summed E-state index contributed by atoms with van der Waals surface area (Å²) in [5, 5.41) is 2.98. The Morgan fingerprint density at radius 1 is 1.37 bits per heavy atom. The fraction of sp³-hybridized carbons (Fsp3) is 0.167. The Kier molecular flexibility index (Phi) is 3.84. The first-order chi connectivity index (χ1) is 9.02. The Morgan fingerprint density at radius 3 is 2.79 bits per heavy atom. The average Bonchev–Trinajstić information content (AvgIpc) is 2.36. The number of nitrogens with one attached hydrogen (secondary N) is 1. The molecule has 0 aliphatic carbocycles. The van der Waals surface area contributed by atoms with Gasteiger partial charge in [-0.05, 0) is 40.5 Å². The molecule has 0 radical (unpaired) electrons. The van der Waals surface area contributed by atoms with Gasteiger partial charge in [-0.1, -0.05) is 0 Å². The van der Waals surface area contributed by atoms with Gasteiger partial charge in [0.05, 0.1) is 11.6 Å². The fourth-order valence-corrected chi connectivity index (χ4v) is 2.04. The van der Waals surface area contributed by atoms with Crippen LogP contribution in [0.2, 0.25) is 0 Å². The summed E-state index contributed by atoms with van der Waals surface area (Å²) in [6.07, 6.45) is 1.31. The number of aryl methyl sites for hydroxylation is 1. The monoisotopic (exact) mass is 326 g/mol. The summed E-state index contributed by atoms with van der Waals surface area (Å²) < 4.78 is 19.1. The van der Waals surface area contributed by atoms with Gasteiger partial charge in [-0.3, -0.25) is 0 Å².